The van der Waals surface area contributed by atoms with Gasteiger partial charge >= 0.3 is 250 Å². The van der Waals surface area contributed by atoms with E-state index in [0.29, 0.717) is 3.63 Å². The van der Waals surface area contributed by atoms with Crippen LogP contribution in [0.1, 0.15) is 83.0 Å². The molecule has 0 saturated heterocycles. The molecule has 1 heteroatoms. The van der Waals surface area contributed by atoms with Gasteiger partial charge in [-0.3, -0.25) is 0 Å². The van der Waals surface area contributed by atoms with E-state index in [9.17, 15) is 0 Å². The molecule has 0 saturated carbocycles. The molecule has 0 spiro atoms. The van der Waals surface area contributed by atoms with Gasteiger partial charge in [0.1, 0.15) is 0 Å². The number of benzene rings is 4. The van der Waals surface area contributed by atoms with E-state index in [1.54, 1.807) is 28.8 Å². The Bertz CT molecular complexity index is 1540. The van der Waals surface area contributed by atoms with Gasteiger partial charge in [0.15, 0.2) is 0 Å². The quantitative estimate of drug-likeness (QED) is 0.189. The molecule has 4 aromatic rings. The number of rotatable bonds is 8. The molecule has 0 atom stereocenters. The van der Waals surface area contributed by atoms with Gasteiger partial charge in [0.05, 0.1) is 0 Å². The van der Waals surface area contributed by atoms with E-state index in [0.717, 1.165) is 0 Å². The van der Waals surface area contributed by atoms with Crippen LogP contribution in [0.5, 0.6) is 0 Å². The summed E-state index contributed by atoms with van der Waals surface area (Å²) in [4.78, 5) is 0. The van der Waals surface area contributed by atoms with Crippen LogP contribution in [0.25, 0.3) is 11.1 Å². The molecule has 0 aromatic heterocycles. The number of allylic oxidation sites excluding steroid dienone is 4. The zero-order valence-electron chi connectivity index (χ0n) is 24.4. The predicted octanol–water partition coefficient (Wildman–Crippen LogP) is 10.4. The number of fused-ring (bicyclic) bond motifs is 3. The second-order valence-electron chi connectivity index (χ2n) is 11.6. The third-order valence-corrected chi connectivity index (χ3v) is 16.8. The maximum absolute atomic E-state index is 2.71. The molecule has 0 unspecified atom stereocenters. The second kappa shape index (κ2) is 11.9. The molecular weight excluding hydrogens is 560 g/mol. The van der Waals surface area contributed by atoms with E-state index < -0.39 is 21.3 Å². The van der Waals surface area contributed by atoms with Gasteiger partial charge in [-0.05, 0) is 0 Å². The zero-order valence-corrected chi connectivity index (χ0v) is 26.9. The van der Waals surface area contributed by atoms with Crippen LogP contribution in [0.3, 0.4) is 0 Å². The van der Waals surface area contributed by atoms with Crippen molar-refractivity contribution in [3.8, 4) is 11.1 Å². The first-order valence-electron chi connectivity index (χ1n) is 15.1. The van der Waals surface area contributed by atoms with Gasteiger partial charge in [-0.25, -0.2) is 0 Å². The molecule has 0 aliphatic heterocycles. The topological polar surface area (TPSA) is 0 Å². The van der Waals surface area contributed by atoms with E-state index in [1.807, 2.05) is 0 Å². The molecule has 0 amide bonds. The van der Waals surface area contributed by atoms with Crippen LogP contribution in [-0.4, -0.2) is 3.21 Å². The summed E-state index contributed by atoms with van der Waals surface area (Å²) in [5.74, 6) is 0. The van der Waals surface area contributed by atoms with Crippen LogP contribution in [0, 0.1) is 13.8 Å². The van der Waals surface area contributed by atoms with E-state index in [-0.39, 0.29) is 0 Å². The molecule has 0 radical (unpaired) electrons. The zero-order chi connectivity index (χ0) is 27.6. The molecule has 0 N–H and O–H groups in total. The summed E-state index contributed by atoms with van der Waals surface area (Å²) < 4.78 is 3.90. The first-order valence-corrected chi connectivity index (χ1v) is 18.9. The van der Waals surface area contributed by atoms with Gasteiger partial charge in [0, 0.05) is 0 Å². The Morgan fingerprint density at radius 2 is 1.20 bits per heavy atom. The van der Waals surface area contributed by atoms with Crippen molar-refractivity contribution in [2.75, 3.05) is 0 Å². The molecule has 40 heavy (non-hydrogen) atoms. The maximum atomic E-state index is 2.71. The normalized spacial score (nSPS) is 14.2. The molecule has 200 valence electrons. The number of aryl methyl sites for hydroxylation is 2. The molecule has 6 rings (SSSR count). The molecule has 4 aromatic carbocycles. The van der Waals surface area contributed by atoms with Crippen molar-refractivity contribution >= 4 is 3.21 Å². The van der Waals surface area contributed by atoms with Gasteiger partial charge in [0.25, 0.3) is 0 Å². The van der Waals surface area contributed by atoms with Crippen LogP contribution >= 0.6 is 0 Å². The third kappa shape index (κ3) is 5.15. The molecule has 2 aliphatic rings. The SMILES string of the molecule is CCCC1=C(CCC)C[C]([Zr](=[C](c2ccccc2)c2ccccc2)[CH]2c3cc(C)ccc3-c3ccc(C)cc32)=C1. The van der Waals surface area contributed by atoms with Crippen LogP contribution in [0.4, 0.5) is 0 Å². The Morgan fingerprint density at radius 1 is 0.675 bits per heavy atom. The van der Waals surface area contributed by atoms with Crippen molar-refractivity contribution in [1.82, 2.24) is 0 Å². The Hall–Kier alpha value is -2.89. The summed E-state index contributed by atoms with van der Waals surface area (Å²) in [6.45, 7) is 9.21. The van der Waals surface area contributed by atoms with Crippen LogP contribution in [0.2, 0.25) is 0 Å². The van der Waals surface area contributed by atoms with Gasteiger partial charge in [-0.2, -0.15) is 0 Å². The third-order valence-electron chi connectivity index (χ3n) is 8.63. The molecule has 0 heterocycles. The second-order valence-corrected chi connectivity index (χ2v) is 17.9. The fourth-order valence-electron chi connectivity index (χ4n) is 6.94. The van der Waals surface area contributed by atoms with Crippen LogP contribution < -0.4 is 0 Å². The fraction of sp³-hybridized carbons (Fsp3) is 0.256. The first kappa shape index (κ1) is 27.3. The van der Waals surface area contributed by atoms with Crippen LogP contribution in [-0.2, 0) is 21.3 Å². The molecule has 0 nitrogen and oxygen atoms in total. The average Bonchev–Trinajstić information content (AvgIpc) is 3.50. The van der Waals surface area contributed by atoms with Crippen LogP contribution in [0.15, 0.2) is 118 Å². The molecule has 2 aliphatic carbocycles. The number of hydrogen-bond acceptors (Lipinski definition) is 0. The first-order chi connectivity index (χ1) is 19.6. The van der Waals surface area contributed by atoms with E-state index >= 15 is 0 Å². The van der Waals surface area contributed by atoms with Crippen molar-refractivity contribution in [3.63, 3.8) is 0 Å². The van der Waals surface area contributed by atoms with Crippen molar-refractivity contribution in [2.45, 2.75) is 63.4 Å². The van der Waals surface area contributed by atoms with Gasteiger partial charge in [-0.1, -0.05) is 0 Å². The summed E-state index contributed by atoms with van der Waals surface area (Å²) in [6, 6.07) is 37.2. The Kier molecular flexibility index (Phi) is 8.13. The summed E-state index contributed by atoms with van der Waals surface area (Å²) in [5, 5.41) is 0. The Morgan fingerprint density at radius 3 is 1.70 bits per heavy atom. The average molecular weight is 600 g/mol. The van der Waals surface area contributed by atoms with Crippen molar-refractivity contribution in [3.05, 3.63) is 151 Å². The number of hydrogen-bond donors (Lipinski definition) is 0. The Labute approximate surface area is 248 Å². The molecule has 0 bridgehead atoms. The van der Waals surface area contributed by atoms with Gasteiger partial charge in [0.2, 0.25) is 0 Å². The van der Waals surface area contributed by atoms with E-state index in [1.165, 1.54) is 65.5 Å². The molecular formula is C39H40Zr. The Balaban J connectivity index is 1.70. The minimum atomic E-state index is -2.67. The standard InChI is InChI=1S/C15H13.C13H10.C11H17.Zr/c1-10-3-5-14-12(7-10)9-13-8-11(2)4-6-15(13)14;1-3-7-12(8-4-1)11-13-9-5-2-6-10-13;1-3-6-10-8-5-9-11(10)7-4-2;/h3-9H,1-2H3;1-10H;8H,3-4,6-7,9H2,1-2H3;. The summed E-state index contributed by atoms with van der Waals surface area (Å²) >= 11 is -2.67. The summed E-state index contributed by atoms with van der Waals surface area (Å²) in [7, 11) is 0. The van der Waals surface area contributed by atoms with Gasteiger partial charge < -0.3 is 0 Å². The van der Waals surface area contributed by atoms with Crippen molar-refractivity contribution in [1.29, 1.82) is 0 Å². The monoisotopic (exact) mass is 598 g/mol. The molecule has 0 fully saturated rings. The van der Waals surface area contributed by atoms with E-state index in [4.69, 9.17) is 0 Å². The summed E-state index contributed by atoms with van der Waals surface area (Å²) in [5.41, 5.74) is 15.0. The van der Waals surface area contributed by atoms with Gasteiger partial charge in [-0.15, -0.1) is 0 Å². The fourth-order valence-corrected chi connectivity index (χ4v) is 16.2. The van der Waals surface area contributed by atoms with E-state index in [2.05, 4.69) is 131 Å². The predicted molar refractivity (Wildman–Crippen MR) is 169 cm³/mol. The minimum absolute atomic E-state index is 0.470. The summed E-state index contributed by atoms with van der Waals surface area (Å²) in [6.07, 6.45) is 8.76. The van der Waals surface area contributed by atoms with Crippen molar-refractivity contribution < 1.29 is 21.3 Å². The van der Waals surface area contributed by atoms with Crippen molar-refractivity contribution in [2.24, 2.45) is 0 Å².